The van der Waals surface area contributed by atoms with Gasteiger partial charge in [-0.25, -0.2) is 4.39 Å². The monoisotopic (exact) mass is 368 g/mol. The van der Waals surface area contributed by atoms with E-state index in [2.05, 4.69) is 21.0 Å². The zero-order valence-electron chi connectivity index (χ0n) is 11.5. The highest BCUT2D eigenvalue weighted by molar-refractivity contribution is 9.10. The van der Waals surface area contributed by atoms with Crippen LogP contribution in [-0.2, 0) is 0 Å². The minimum atomic E-state index is -0.787. The molecule has 110 valence electrons. The third kappa shape index (κ3) is 2.63. The second-order valence-corrected chi connectivity index (χ2v) is 7.12. The van der Waals surface area contributed by atoms with Crippen molar-refractivity contribution in [1.29, 1.82) is 0 Å². The molecule has 2 aromatic heterocycles. The topological polar surface area (TPSA) is 38.0 Å². The largest absolute Gasteiger partial charge is 0.381 e. The molecule has 0 bridgehead atoms. The van der Waals surface area contributed by atoms with E-state index in [4.69, 9.17) is 0 Å². The van der Waals surface area contributed by atoms with Gasteiger partial charge < -0.3 is 5.11 Å². The Morgan fingerprint density at radius 2 is 2.10 bits per heavy atom. The number of aliphatic hydroxyl groups excluding tert-OH is 1. The Bertz CT molecular complexity index is 796. The maximum Gasteiger partial charge on any atom is 0.131 e. The van der Waals surface area contributed by atoms with E-state index in [0.29, 0.717) is 0 Å². The number of halogens is 2. The lowest BCUT2D eigenvalue weighted by atomic mass is 10.1. The number of hydrogen-bond donors (Lipinski definition) is 1. The average molecular weight is 369 g/mol. The molecular weight excluding hydrogens is 355 g/mol. The van der Waals surface area contributed by atoms with Crippen LogP contribution in [0, 0.1) is 5.82 Å². The minimum absolute atomic E-state index is 0.146. The fourth-order valence-electron chi connectivity index (χ4n) is 2.31. The summed E-state index contributed by atoms with van der Waals surface area (Å²) in [4.78, 5) is 0.777. The summed E-state index contributed by atoms with van der Waals surface area (Å²) in [7, 11) is 0. The Morgan fingerprint density at radius 3 is 2.81 bits per heavy atom. The third-order valence-corrected chi connectivity index (χ3v) is 5.07. The van der Waals surface area contributed by atoms with E-state index < -0.39 is 6.10 Å². The van der Waals surface area contributed by atoms with E-state index in [9.17, 15) is 9.50 Å². The molecule has 2 heterocycles. The van der Waals surface area contributed by atoms with Crippen LogP contribution in [-0.4, -0.2) is 14.9 Å². The van der Waals surface area contributed by atoms with Gasteiger partial charge in [0.15, 0.2) is 0 Å². The Balaban J connectivity index is 2.08. The summed E-state index contributed by atoms with van der Waals surface area (Å²) in [6.07, 6.45) is 0.899. The van der Waals surface area contributed by atoms with E-state index in [1.54, 1.807) is 16.9 Å². The van der Waals surface area contributed by atoms with Crippen LogP contribution in [0.3, 0.4) is 0 Å². The van der Waals surface area contributed by atoms with Crippen LogP contribution in [0.5, 0.6) is 0 Å². The van der Waals surface area contributed by atoms with Gasteiger partial charge >= 0.3 is 0 Å². The summed E-state index contributed by atoms with van der Waals surface area (Å²) in [5, 5.41) is 15.9. The smallest absolute Gasteiger partial charge is 0.131 e. The molecule has 0 fully saturated rings. The van der Waals surface area contributed by atoms with E-state index in [1.807, 2.05) is 19.9 Å². The summed E-state index contributed by atoms with van der Waals surface area (Å²) in [5.74, 6) is -0.265. The zero-order valence-corrected chi connectivity index (χ0v) is 13.9. The van der Waals surface area contributed by atoms with Crippen LogP contribution in [0.1, 0.15) is 36.6 Å². The number of thiophene rings is 1. The third-order valence-electron chi connectivity index (χ3n) is 3.31. The Morgan fingerprint density at radius 1 is 1.33 bits per heavy atom. The number of nitrogens with zero attached hydrogens (tertiary/aromatic N) is 2. The maximum absolute atomic E-state index is 13.3. The Hall–Kier alpha value is -1.24. The molecule has 0 aliphatic carbocycles. The molecule has 1 unspecified atom stereocenters. The predicted octanol–water partition coefficient (Wildman–Crippen LogP) is 4.66. The number of rotatable bonds is 3. The van der Waals surface area contributed by atoms with Crippen molar-refractivity contribution in [2.24, 2.45) is 0 Å². The Kier molecular flexibility index (Phi) is 3.86. The molecule has 21 heavy (non-hydrogen) atoms. The molecule has 1 atom stereocenters. The lowest BCUT2D eigenvalue weighted by Crippen LogP contribution is -2.11. The molecule has 1 aromatic carbocycles. The van der Waals surface area contributed by atoms with Crippen LogP contribution in [0.15, 0.2) is 34.9 Å². The highest BCUT2D eigenvalue weighted by atomic mass is 79.9. The summed E-state index contributed by atoms with van der Waals surface area (Å²) in [5.41, 5.74) is 0.719. The first-order valence-electron chi connectivity index (χ1n) is 6.57. The molecule has 3 rings (SSSR count). The molecule has 0 aliphatic heterocycles. The van der Waals surface area contributed by atoms with Gasteiger partial charge in [0.25, 0.3) is 0 Å². The maximum atomic E-state index is 13.3. The highest BCUT2D eigenvalue weighted by Crippen LogP contribution is 2.36. The molecule has 0 aliphatic rings. The van der Waals surface area contributed by atoms with Gasteiger partial charge in [0.1, 0.15) is 11.9 Å². The van der Waals surface area contributed by atoms with Crippen molar-refractivity contribution >= 4 is 37.4 Å². The van der Waals surface area contributed by atoms with E-state index >= 15 is 0 Å². The molecule has 6 heteroatoms. The SMILES string of the molecule is CC(C)n1ncc(Br)c1C(O)c1cc2ccc(F)cc2s1. The minimum Gasteiger partial charge on any atom is -0.381 e. The van der Waals surface area contributed by atoms with Crippen molar-refractivity contribution in [1.82, 2.24) is 9.78 Å². The molecule has 1 N–H and O–H groups in total. The normalized spacial score (nSPS) is 13.2. The van der Waals surface area contributed by atoms with Crippen LogP contribution in [0.25, 0.3) is 10.1 Å². The molecule has 3 aromatic rings. The zero-order chi connectivity index (χ0) is 15.1. The summed E-state index contributed by atoms with van der Waals surface area (Å²) < 4.78 is 16.7. The fourth-order valence-corrected chi connectivity index (χ4v) is 3.88. The number of benzene rings is 1. The van der Waals surface area contributed by atoms with E-state index in [1.165, 1.54) is 23.5 Å². The van der Waals surface area contributed by atoms with Gasteiger partial charge in [-0.3, -0.25) is 4.68 Å². The van der Waals surface area contributed by atoms with Gasteiger partial charge in [-0.2, -0.15) is 5.10 Å². The first kappa shape index (κ1) is 14.7. The van der Waals surface area contributed by atoms with Crippen LogP contribution < -0.4 is 0 Å². The number of aliphatic hydroxyl groups is 1. The first-order valence-corrected chi connectivity index (χ1v) is 8.18. The number of aromatic nitrogens is 2. The predicted molar refractivity (Wildman–Crippen MR) is 86.2 cm³/mol. The van der Waals surface area contributed by atoms with Crippen LogP contribution in [0.4, 0.5) is 4.39 Å². The van der Waals surface area contributed by atoms with Crippen molar-refractivity contribution in [2.75, 3.05) is 0 Å². The molecular formula is C15H14BrFN2OS. The van der Waals surface area contributed by atoms with Gasteiger partial charge in [0.05, 0.1) is 16.4 Å². The molecule has 0 saturated heterocycles. The van der Waals surface area contributed by atoms with Crippen molar-refractivity contribution in [3.05, 3.63) is 51.3 Å². The van der Waals surface area contributed by atoms with E-state index in [-0.39, 0.29) is 11.9 Å². The van der Waals surface area contributed by atoms with E-state index in [0.717, 1.165) is 25.1 Å². The number of fused-ring (bicyclic) bond motifs is 1. The van der Waals surface area contributed by atoms with Gasteiger partial charge in [-0.15, -0.1) is 11.3 Å². The lowest BCUT2D eigenvalue weighted by Gasteiger charge is -2.15. The van der Waals surface area contributed by atoms with Crippen molar-refractivity contribution in [3.8, 4) is 0 Å². The fraction of sp³-hybridized carbons (Fsp3) is 0.267. The highest BCUT2D eigenvalue weighted by Gasteiger charge is 2.22. The van der Waals surface area contributed by atoms with Gasteiger partial charge in [-0.05, 0) is 53.4 Å². The summed E-state index contributed by atoms with van der Waals surface area (Å²) >= 11 is 4.84. The average Bonchev–Trinajstić information content (AvgIpc) is 3.00. The van der Waals surface area contributed by atoms with Crippen LogP contribution in [0.2, 0.25) is 0 Å². The van der Waals surface area contributed by atoms with Gasteiger partial charge in [0.2, 0.25) is 0 Å². The van der Waals surface area contributed by atoms with Gasteiger partial charge in [0, 0.05) is 15.6 Å². The number of hydrogen-bond acceptors (Lipinski definition) is 3. The molecule has 0 amide bonds. The second kappa shape index (κ2) is 5.51. The lowest BCUT2D eigenvalue weighted by molar-refractivity contribution is 0.208. The standard InChI is InChI=1S/C15H14BrFN2OS/c1-8(2)19-14(11(16)7-18-19)15(20)13-5-9-3-4-10(17)6-12(9)21-13/h3-8,15,20H,1-2H3. The van der Waals surface area contributed by atoms with Crippen LogP contribution >= 0.6 is 27.3 Å². The molecule has 0 radical (unpaired) electrons. The Labute approximate surface area is 134 Å². The molecule has 3 nitrogen and oxygen atoms in total. The van der Waals surface area contributed by atoms with Gasteiger partial charge in [-0.1, -0.05) is 6.07 Å². The molecule has 0 spiro atoms. The van der Waals surface area contributed by atoms with Crippen molar-refractivity contribution < 1.29 is 9.50 Å². The van der Waals surface area contributed by atoms with Crippen molar-refractivity contribution in [3.63, 3.8) is 0 Å². The second-order valence-electron chi connectivity index (χ2n) is 5.15. The van der Waals surface area contributed by atoms with Crippen molar-refractivity contribution in [2.45, 2.75) is 26.0 Å². The molecule has 0 saturated carbocycles. The summed E-state index contributed by atoms with van der Waals surface area (Å²) in [6.45, 7) is 4.02. The quantitative estimate of drug-likeness (QED) is 0.729. The first-order chi connectivity index (χ1) is 9.97. The summed E-state index contributed by atoms with van der Waals surface area (Å²) in [6, 6.07) is 6.69.